The highest BCUT2D eigenvalue weighted by Gasteiger charge is 2.04. The molecule has 0 atom stereocenters. The maximum Gasteiger partial charge on any atom is 0.134 e. The van der Waals surface area contributed by atoms with Crippen molar-refractivity contribution in [3.8, 4) is 0 Å². The molecule has 3 aromatic rings. The molecule has 0 amide bonds. The summed E-state index contributed by atoms with van der Waals surface area (Å²) in [5.41, 5.74) is 7.70. The van der Waals surface area contributed by atoms with Crippen LogP contribution in [0, 0.1) is 0 Å². The third-order valence-corrected chi connectivity index (χ3v) is 3.86. The molecule has 0 unspecified atom stereocenters. The van der Waals surface area contributed by atoms with Crippen LogP contribution in [0.2, 0.25) is 0 Å². The van der Waals surface area contributed by atoms with Crippen LogP contribution in [0.15, 0.2) is 59.2 Å². The number of nitrogen functional groups attached to an aromatic ring is 1. The number of anilines is 2. The van der Waals surface area contributed by atoms with Gasteiger partial charge in [0, 0.05) is 33.7 Å². The number of nitrogens with one attached hydrogen (secondary N) is 1. The molecule has 0 aliphatic rings. The van der Waals surface area contributed by atoms with Gasteiger partial charge in [-0.25, -0.2) is 4.98 Å². The van der Waals surface area contributed by atoms with E-state index in [2.05, 4.69) is 32.3 Å². The van der Waals surface area contributed by atoms with Crippen LogP contribution >= 0.6 is 15.9 Å². The lowest BCUT2D eigenvalue weighted by Gasteiger charge is -2.10. The molecule has 100 valence electrons. The summed E-state index contributed by atoms with van der Waals surface area (Å²) in [4.78, 5) is 4.42. The zero-order valence-electron chi connectivity index (χ0n) is 10.8. The summed E-state index contributed by atoms with van der Waals surface area (Å²) in [6, 6.07) is 16.0. The minimum absolute atomic E-state index is 0.698. The van der Waals surface area contributed by atoms with E-state index in [0.717, 1.165) is 32.3 Å². The second kappa shape index (κ2) is 5.51. The molecule has 0 bridgehead atoms. The van der Waals surface area contributed by atoms with Crippen molar-refractivity contribution in [2.75, 3.05) is 11.1 Å². The number of hydrogen-bond acceptors (Lipinski definition) is 3. The van der Waals surface area contributed by atoms with Crippen molar-refractivity contribution < 1.29 is 0 Å². The highest BCUT2D eigenvalue weighted by molar-refractivity contribution is 9.10. The lowest BCUT2D eigenvalue weighted by molar-refractivity contribution is 1.12. The van der Waals surface area contributed by atoms with E-state index in [0.29, 0.717) is 6.54 Å². The summed E-state index contributed by atoms with van der Waals surface area (Å²) in [6.07, 6.45) is 1.81. The van der Waals surface area contributed by atoms with E-state index < -0.39 is 0 Å². The van der Waals surface area contributed by atoms with Crippen molar-refractivity contribution in [1.82, 2.24) is 4.98 Å². The minimum atomic E-state index is 0.698. The second-order valence-electron chi connectivity index (χ2n) is 4.59. The van der Waals surface area contributed by atoms with Crippen molar-refractivity contribution in [2.45, 2.75) is 6.54 Å². The van der Waals surface area contributed by atoms with E-state index >= 15 is 0 Å². The number of hydrogen-bond donors (Lipinski definition) is 2. The van der Waals surface area contributed by atoms with Gasteiger partial charge in [-0.2, -0.15) is 0 Å². The monoisotopic (exact) mass is 327 g/mol. The fraction of sp³-hybridized carbons (Fsp3) is 0.0625. The molecular weight excluding hydrogens is 314 g/mol. The van der Waals surface area contributed by atoms with Gasteiger partial charge in [0.2, 0.25) is 0 Å². The number of nitrogens with two attached hydrogens (primary N) is 1. The number of benzene rings is 2. The van der Waals surface area contributed by atoms with Crippen molar-refractivity contribution in [3.05, 3.63) is 64.8 Å². The molecule has 3 N–H and O–H groups in total. The zero-order chi connectivity index (χ0) is 13.9. The lowest BCUT2D eigenvalue weighted by Crippen LogP contribution is -2.02. The van der Waals surface area contributed by atoms with Crippen LogP contribution in [0.25, 0.3) is 10.8 Å². The predicted octanol–water partition coefficient (Wildman–Crippen LogP) is 4.19. The molecule has 20 heavy (non-hydrogen) atoms. The molecule has 0 saturated heterocycles. The van der Waals surface area contributed by atoms with Gasteiger partial charge in [-0.3, -0.25) is 0 Å². The van der Waals surface area contributed by atoms with E-state index in [4.69, 9.17) is 5.73 Å². The van der Waals surface area contributed by atoms with Gasteiger partial charge in [-0.15, -0.1) is 0 Å². The van der Waals surface area contributed by atoms with E-state index in [9.17, 15) is 0 Å². The topological polar surface area (TPSA) is 50.9 Å². The Kier molecular flexibility index (Phi) is 3.56. The molecule has 0 aliphatic carbocycles. The zero-order valence-corrected chi connectivity index (χ0v) is 12.4. The Bertz CT molecular complexity index is 756. The molecule has 2 aromatic carbocycles. The molecule has 3 rings (SSSR count). The molecule has 0 aliphatic heterocycles. The molecule has 0 radical (unpaired) electrons. The van der Waals surface area contributed by atoms with Crippen LogP contribution in [0.1, 0.15) is 5.56 Å². The summed E-state index contributed by atoms with van der Waals surface area (Å²) < 4.78 is 1.07. The Morgan fingerprint density at radius 2 is 1.90 bits per heavy atom. The fourth-order valence-corrected chi connectivity index (χ4v) is 2.70. The van der Waals surface area contributed by atoms with Gasteiger partial charge < -0.3 is 11.1 Å². The SMILES string of the molecule is Nc1cccc(CNc2nccc3c(Br)cccc23)c1. The number of rotatable bonds is 3. The number of aromatic nitrogens is 1. The van der Waals surface area contributed by atoms with Crippen LogP contribution in [-0.4, -0.2) is 4.98 Å². The van der Waals surface area contributed by atoms with Gasteiger partial charge in [0.15, 0.2) is 0 Å². The average molecular weight is 328 g/mol. The average Bonchev–Trinajstić information content (AvgIpc) is 2.46. The summed E-state index contributed by atoms with van der Waals surface area (Å²) in [7, 11) is 0. The van der Waals surface area contributed by atoms with E-state index in [-0.39, 0.29) is 0 Å². The maximum atomic E-state index is 5.79. The summed E-state index contributed by atoms with van der Waals surface area (Å²) in [5.74, 6) is 0.881. The highest BCUT2D eigenvalue weighted by Crippen LogP contribution is 2.27. The number of pyridine rings is 1. The number of nitrogens with zero attached hydrogens (tertiary/aromatic N) is 1. The van der Waals surface area contributed by atoms with Crippen LogP contribution in [-0.2, 0) is 6.54 Å². The van der Waals surface area contributed by atoms with Gasteiger partial charge in [0.05, 0.1) is 0 Å². The second-order valence-corrected chi connectivity index (χ2v) is 5.45. The molecule has 1 heterocycles. The van der Waals surface area contributed by atoms with Crippen LogP contribution in [0.5, 0.6) is 0 Å². The Morgan fingerprint density at radius 3 is 2.75 bits per heavy atom. The first kappa shape index (κ1) is 12.9. The molecule has 0 spiro atoms. The molecule has 0 fully saturated rings. The minimum Gasteiger partial charge on any atom is -0.399 e. The number of halogens is 1. The van der Waals surface area contributed by atoms with Crippen molar-refractivity contribution in [1.29, 1.82) is 0 Å². The maximum absolute atomic E-state index is 5.79. The molecule has 4 heteroatoms. The van der Waals surface area contributed by atoms with Crippen molar-refractivity contribution >= 4 is 38.2 Å². The molecule has 3 nitrogen and oxygen atoms in total. The van der Waals surface area contributed by atoms with Crippen LogP contribution < -0.4 is 11.1 Å². The standard InChI is InChI=1S/C16H14BrN3/c17-15-6-2-5-14-13(15)7-8-19-16(14)20-10-11-3-1-4-12(18)9-11/h1-9H,10,18H2,(H,19,20). The van der Waals surface area contributed by atoms with Gasteiger partial charge in [-0.05, 0) is 29.8 Å². The fourth-order valence-electron chi connectivity index (χ4n) is 2.20. The summed E-state index contributed by atoms with van der Waals surface area (Å²) in [6.45, 7) is 0.698. The Balaban J connectivity index is 1.90. The highest BCUT2D eigenvalue weighted by atomic mass is 79.9. The molecule has 0 saturated carbocycles. The lowest BCUT2D eigenvalue weighted by atomic mass is 10.1. The molecule has 1 aromatic heterocycles. The van der Waals surface area contributed by atoms with Crippen LogP contribution in [0.4, 0.5) is 11.5 Å². The van der Waals surface area contributed by atoms with Crippen LogP contribution in [0.3, 0.4) is 0 Å². The normalized spacial score (nSPS) is 10.7. The first-order chi connectivity index (χ1) is 9.74. The third-order valence-electron chi connectivity index (χ3n) is 3.16. The largest absolute Gasteiger partial charge is 0.399 e. The van der Waals surface area contributed by atoms with Crippen molar-refractivity contribution in [3.63, 3.8) is 0 Å². The Labute approximate surface area is 126 Å². The Morgan fingerprint density at radius 1 is 1.05 bits per heavy atom. The van der Waals surface area contributed by atoms with E-state index in [1.165, 1.54) is 0 Å². The quantitative estimate of drug-likeness (QED) is 0.709. The van der Waals surface area contributed by atoms with E-state index in [1.807, 2.05) is 48.7 Å². The first-order valence-electron chi connectivity index (χ1n) is 6.35. The van der Waals surface area contributed by atoms with Gasteiger partial charge >= 0.3 is 0 Å². The number of fused-ring (bicyclic) bond motifs is 1. The Hall–Kier alpha value is -2.07. The third kappa shape index (κ3) is 2.60. The first-order valence-corrected chi connectivity index (χ1v) is 7.15. The van der Waals surface area contributed by atoms with Gasteiger partial charge in [0.25, 0.3) is 0 Å². The predicted molar refractivity (Wildman–Crippen MR) is 87.6 cm³/mol. The van der Waals surface area contributed by atoms with E-state index in [1.54, 1.807) is 0 Å². The van der Waals surface area contributed by atoms with Gasteiger partial charge in [-0.1, -0.05) is 40.2 Å². The van der Waals surface area contributed by atoms with Gasteiger partial charge in [0.1, 0.15) is 5.82 Å². The smallest absolute Gasteiger partial charge is 0.134 e. The summed E-state index contributed by atoms with van der Waals surface area (Å²) >= 11 is 3.56. The van der Waals surface area contributed by atoms with Crippen molar-refractivity contribution in [2.24, 2.45) is 0 Å². The summed E-state index contributed by atoms with van der Waals surface area (Å²) in [5, 5.41) is 5.62. The molecular formula is C16H14BrN3.